The zero-order valence-electron chi connectivity index (χ0n) is 15.5. The monoisotopic (exact) mass is 386 g/mol. The molecule has 0 saturated carbocycles. The Morgan fingerprint density at radius 2 is 1.78 bits per heavy atom. The van der Waals surface area contributed by atoms with Gasteiger partial charge in [0.25, 0.3) is 12.4 Å². The van der Waals surface area contributed by atoms with Crippen LogP contribution in [-0.4, -0.2) is 46.9 Å². The van der Waals surface area contributed by atoms with Gasteiger partial charge >= 0.3 is 0 Å². The van der Waals surface area contributed by atoms with Crippen LogP contribution in [0.1, 0.15) is 45.6 Å². The Hall–Kier alpha value is -2.18. The van der Waals surface area contributed by atoms with Crippen LogP contribution in [0.15, 0.2) is 35.7 Å². The van der Waals surface area contributed by atoms with Crippen LogP contribution in [-0.2, 0) is 24.3 Å². The average molecular weight is 387 g/mol. The van der Waals surface area contributed by atoms with E-state index in [4.69, 9.17) is 9.90 Å². The fourth-order valence-electron chi connectivity index (χ4n) is 3.73. The smallest absolute Gasteiger partial charge is 0.290 e. The molecular weight excluding hydrogens is 360 g/mol. The lowest BCUT2D eigenvalue weighted by molar-refractivity contribution is -0.122. The van der Waals surface area contributed by atoms with Gasteiger partial charge in [0.05, 0.1) is 0 Å². The maximum atomic E-state index is 12.8. The van der Waals surface area contributed by atoms with Crippen molar-refractivity contribution in [3.63, 3.8) is 0 Å². The Kier molecular flexibility index (Phi) is 7.01. The number of benzene rings is 1. The predicted octanol–water partition coefficient (Wildman–Crippen LogP) is 3.63. The Morgan fingerprint density at radius 3 is 2.48 bits per heavy atom. The van der Waals surface area contributed by atoms with Gasteiger partial charge in [0.15, 0.2) is 0 Å². The molecule has 1 fully saturated rings. The molecule has 1 amide bonds. The number of carboxylic acid groups (broad SMARTS) is 1. The van der Waals surface area contributed by atoms with E-state index < -0.39 is 0 Å². The number of thiophene rings is 1. The second-order valence-corrected chi connectivity index (χ2v) is 7.99. The Morgan fingerprint density at radius 1 is 1.07 bits per heavy atom. The van der Waals surface area contributed by atoms with Gasteiger partial charge in [-0.05, 0) is 67.1 Å². The summed E-state index contributed by atoms with van der Waals surface area (Å²) in [7, 11) is 0. The van der Waals surface area contributed by atoms with E-state index >= 15 is 0 Å². The van der Waals surface area contributed by atoms with Crippen LogP contribution in [0.25, 0.3) is 0 Å². The number of carbonyl (C=O) groups is 2. The highest BCUT2D eigenvalue weighted by atomic mass is 32.1. The molecule has 2 aromatic rings. The number of carbonyl (C=O) groups excluding carboxylic acids is 1. The van der Waals surface area contributed by atoms with Gasteiger partial charge < -0.3 is 10.0 Å². The van der Waals surface area contributed by atoms with E-state index in [1.165, 1.54) is 48.4 Å². The van der Waals surface area contributed by atoms with E-state index in [0.717, 1.165) is 31.6 Å². The summed E-state index contributed by atoms with van der Waals surface area (Å²) in [6.45, 7) is 4.76. The fraction of sp³-hybridized carbons (Fsp3) is 0.429. The summed E-state index contributed by atoms with van der Waals surface area (Å²) in [5.74, 6) is 0.163. The summed E-state index contributed by atoms with van der Waals surface area (Å²) in [4.78, 5) is 27.1. The maximum Gasteiger partial charge on any atom is 0.290 e. The zero-order valence-corrected chi connectivity index (χ0v) is 16.3. The van der Waals surface area contributed by atoms with Crippen LogP contribution in [0.2, 0.25) is 0 Å². The van der Waals surface area contributed by atoms with Gasteiger partial charge in [-0.3, -0.25) is 14.5 Å². The van der Waals surface area contributed by atoms with Crippen molar-refractivity contribution >= 4 is 23.7 Å². The first-order valence-electron chi connectivity index (χ1n) is 9.45. The summed E-state index contributed by atoms with van der Waals surface area (Å²) in [5.41, 5.74) is 3.45. The minimum absolute atomic E-state index is 0.163. The lowest BCUT2D eigenvalue weighted by atomic mass is 10.1. The summed E-state index contributed by atoms with van der Waals surface area (Å²) >= 11 is 1.81. The molecule has 6 heteroatoms. The number of hydrogen-bond donors (Lipinski definition) is 1. The van der Waals surface area contributed by atoms with Gasteiger partial charge in [0.2, 0.25) is 0 Å². The molecule has 1 saturated heterocycles. The third-order valence-corrected chi connectivity index (χ3v) is 6.17. The van der Waals surface area contributed by atoms with Gasteiger partial charge in [0, 0.05) is 30.1 Å². The van der Waals surface area contributed by atoms with E-state index in [1.807, 2.05) is 28.4 Å². The summed E-state index contributed by atoms with van der Waals surface area (Å²) < 4.78 is 0. The van der Waals surface area contributed by atoms with Crippen LogP contribution in [0, 0.1) is 0 Å². The molecule has 0 spiro atoms. The number of nitrogens with zero attached hydrogens (tertiary/aromatic N) is 2. The van der Waals surface area contributed by atoms with Gasteiger partial charge in [-0.15, -0.1) is 11.3 Å². The maximum absolute atomic E-state index is 12.8. The summed E-state index contributed by atoms with van der Waals surface area (Å²) in [5, 5.41) is 9.02. The van der Waals surface area contributed by atoms with Crippen LogP contribution >= 0.6 is 11.3 Å². The summed E-state index contributed by atoms with van der Waals surface area (Å²) in [6.07, 6.45) is 4.99. The van der Waals surface area contributed by atoms with Gasteiger partial charge in [-0.1, -0.05) is 18.6 Å². The predicted molar refractivity (Wildman–Crippen MR) is 107 cm³/mol. The van der Waals surface area contributed by atoms with Crippen molar-refractivity contribution in [1.82, 2.24) is 9.80 Å². The van der Waals surface area contributed by atoms with Crippen molar-refractivity contribution in [1.29, 1.82) is 0 Å². The number of rotatable bonds is 3. The molecule has 5 nitrogen and oxygen atoms in total. The van der Waals surface area contributed by atoms with Crippen molar-refractivity contribution in [3.05, 3.63) is 57.3 Å². The number of piperidine rings is 1. The molecular formula is C21H26N2O3S. The number of amides is 1. The highest BCUT2D eigenvalue weighted by Crippen LogP contribution is 2.25. The average Bonchev–Trinajstić information content (AvgIpc) is 3.17. The third-order valence-electron chi connectivity index (χ3n) is 5.15. The molecule has 4 rings (SSSR count). The largest absolute Gasteiger partial charge is 0.483 e. The third kappa shape index (κ3) is 5.17. The second kappa shape index (κ2) is 9.67. The standard InChI is InChI=1S/C20H24N2OS.CH2O2/c23-20(22-12-8-19-18(15-22)9-13-24-19)17-6-4-16(5-7-17)14-21-10-2-1-3-11-21;2-1-3/h4-7,9,13H,1-3,8,10-12,14-15H2;1H,(H,2,3). The molecule has 0 aliphatic carbocycles. The van der Waals surface area contributed by atoms with Crippen LogP contribution in [0.4, 0.5) is 0 Å². The SMILES string of the molecule is O=C(c1ccc(CN2CCCCC2)cc1)N1CCc2sccc2C1.O=CO. The molecule has 2 aliphatic rings. The number of fused-ring (bicyclic) bond motifs is 1. The molecule has 27 heavy (non-hydrogen) atoms. The lowest BCUT2D eigenvalue weighted by Gasteiger charge is -2.27. The topological polar surface area (TPSA) is 60.9 Å². The minimum atomic E-state index is -0.250. The zero-order chi connectivity index (χ0) is 19.1. The minimum Gasteiger partial charge on any atom is -0.483 e. The molecule has 0 bridgehead atoms. The first-order valence-corrected chi connectivity index (χ1v) is 10.3. The van der Waals surface area contributed by atoms with E-state index in [-0.39, 0.29) is 12.4 Å². The molecule has 3 heterocycles. The Labute approximate surface area is 164 Å². The van der Waals surface area contributed by atoms with E-state index in [9.17, 15) is 4.79 Å². The Balaban J connectivity index is 0.000000659. The van der Waals surface area contributed by atoms with E-state index in [0.29, 0.717) is 0 Å². The van der Waals surface area contributed by atoms with Crippen molar-refractivity contribution in [2.45, 2.75) is 38.8 Å². The highest BCUT2D eigenvalue weighted by Gasteiger charge is 2.22. The molecule has 2 aliphatic heterocycles. The van der Waals surface area contributed by atoms with Gasteiger partial charge in [-0.2, -0.15) is 0 Å². The van der Waals surface area contributed by atoms with Crippen molar-refractivity contribution in [3.8, 4) is 0 Å². The molecule has 0 unspecified atom stereocenters. The first kappa shape index (κ1) is 19.6. The Bertz CT molecular complexity index is 751. The molecule has 0 radical (unpaired) electrons. The van der Waals surface area contributed by atoms with Crippen LogP contribution in [0.3, 0.4) is 0 Å². The molecule has 144 valence electrons. The van der Waals surface area contributed by atoms with Crippen molar-refractivity contribution < 1.29 is 14.7 Å². The van der Waals surface area contributed by atoms with Gasteiger partial charge in [-0.25, -0.2) is 0 Å². The van der Waals surface area contributed by atoms with E-state index in [1.54, 1.807) is 0 Å². The van der Waals surface area contributed by atoms with Crippen molar-refractivity contribution in [2.24, 2.45) is 0 Å². The van der Waals surface area contributed by atoms with Crippen LogP contribution in [0.5, 0.6) is 0 Å². The molecule has 0 atom stereocenters. The molecule has 1 N–H and O–H groups in total. The normalized spacial score (nSPS) is 16.8. The first-order chi connectivity index (χ1) is 13.2. The lowest BCUT2D eigenvalue weighted by Crippen LogP contribution is -2.35. The summed E-state index contributed by atoms with van der Waals surface area (Å²) in [6, 6.07) is 10.4. The van der Waals surface area contributed by atoms with Crippen molar-refractivity contribution in [2.75, 3.05) is 19.6 Å². The second-order valence-electron chi connectivity index (χ2n) is 6.98. The molecule has 1 aromatic carbocycles. The highest BCUT2D eigenvalue weighted by molar-refractivity contribution is 7.10. The van der Waals surface area contributed by atoms with E-state index in [2.05, 4.69) is 28.5 Å². The quantitative estimate of drug-likeness (QED) is 0.819. The molecule has 1 aromatic heterocycles. The van der Waals surface area contributed by atoms with Crippen LogP contribution < -0.4 is 0 Å². The van der Waals surface area contributed by atoms with Gasteiger partial charge in [0.1, 0.15) is 0 Å². The number of likely N-dealkylation sites (tertiary alicyclic amines) is 1. The number of hydrogen-bond acceptors (Lipinski definition) is 4. The fourth-order valence-corrected chi connectivity index (χ4v) is 4.62.